The number of allylic oxidation sites excluding steroid dienone is 1. The molecule has 1 atom stereocenters. The van der Waals surface area contributed by atoms with Gasteiger partial charge in [0.15, 0.2) is 0 Å². The molecule has 5 nitrogen and oxygen atoms in total. The minimum absolute atomic E-state index is 0.243. The van der Waals surface area contributed by atoms with Gasteiger partial charge in [-0.15, -0.1) is 0 Å². The molecule has 2 N–H and O–H groups in total. The van der Waals surface area contributed by atoms with Crippen LogP contribution < -0.4 is 5.48 Å². The quantitative estimate of drug-likeness (QED) is 0.566. The van der Waals surface area contributed by atoms with Gasteiger partial charge >= 0.3 is 5.97 Å². The second-order valence-corrected chi connectivity index (χ2v) is 6.62. The van der Waals surface area contributed by atoms with E-state index in [2.05, 4.69) is 30.3 Å². The van der Waals surface area contributed by atoms with Crippen LogP contribution in [0.15, 0.2) is 36.4 Å². The van der Waals surface area contributed by atoms with Crippen LogP contribution in [0.3, 0.4) is 0 Å². The molecule has 1 unspecified atom stereocenters. The van der Waals surface area contributed by atoms with E-state index in [-0.39, 0.29) is 5.92 Å². The van der Waals surface area contributed by atoms with Crippen LogP contribution in [0.4, 0.5) is 0 Å². The maximum Gasteiger partial charge on any atom is 0.307 e. The van der Waals surface area contributed by atoms with Crippen LogP contribution in [-0.4, -0.2) is 42.2 Å². The number of likely N-dealkylation sites (tertiary alicyclic amines) is 1. The van der Waals surface area contributed by atoms with Crippen LogP contribution in [0.5, 0.6) is 0 Å². The van der Waals surface area contributed by atoms with Gasteiger partial charge in [-0.2, -0.15) is 0 Å². The third kappa shape index (κ3) is 5.98. The van der Waals surface area contributed by atoms with E-state index in [4.69, 9.17) is 9.94 Å². The molecule has 1 saturated heterocycles. The average molecular weight is 332 g/mol. The van der Waals surface area contributed by atoms with Crippen LogP contribution in [0.2, 0.25) is 0 Å². The summed E-state index contributed by atoms with van der Waals surface area (Å²) in [6.45, 7) is 7.08. The van der Waals surface area contributed by atoms with Gasteiger partial charge in [0.05, 0.1) is 18.2 Å². The second kappa shape index (κ2) is 9.45. The molecule has 0 aliphatic carbocycles. The van der Waals surface area contributed by atoms with Crippen molar-refractivity contribution in [3.8, 4) is 0 Å². The number of hydroxylamine groups is 1. The summed E-state index contributed by atoms with van der Waals surface area (Å²) in [4.78, 5) is 18.9. The number of carboxylic acids is 1. The summed E-state index contributed by atoms with van der Waals surface area (Å²) >= 11 is 0. The molecule has 2 rings (SSSR count). The number of rotatable bonds is 8. The van der Waals surface area contributed by atoms with E-state index < -0.39 is 5.97 Å². The fourth-order valence-electron chi connectivity index (χ4n) is 2.90. The Morgan fingerprint density at radius 1 is 1.42 bits per heavy atom. The molecule has 0 radical (unpaired) electrons. The average Bonchev–Trinajstić information content (AvgIpc) is 2.58. The van der Waals surface area contributed by atoms with Crippen molar-refractivity contribution in [2.24, 2.45) is 11.8 Å². The van der Waals surface area contributed by atoms with Crippen molar-refractivity contribution in [3.63, 3.8) is 0 Å². The van der Waals surface area contributed by atoms with Crippen LogP contribution in [0, 0.1) is 11.8 Å². The van der Waals surface area contributed by atoms with Crippen LogP contribution in [0.25, 0.3) is 5.70 Å². The van der Waals surface area contributed by atoms with Gasteiger partial charge in [0.2, 0.25) is 0 Å². The molecule has 1 aliphatic heterocycles. The normalized spacial score (nSPS) is 19.5. The number of piperidine rings is 1. The van der Waals surface area contributed by atoms with Crippen molar-refractivity contribution in [3.05, 3.63) is 42.0 Å². The lowest BCUT2D eigenvalue weighted by molar-refractivity contribution is -0.143. The maximum atomic E-state index is 11.1. The van der Waals surface area contributed by atoms with Crippen molar-refractivity contribution in [1.29, 1.82) is 0 Å². The lowest BCUT2D eigenvalue weighted by Crippen LogP contribution is -2.40. The predicted molar refractivity (Wildman–Crippen MR) is 95.1 cm³/mol. The Hall–Kier alpha value is -1.85. The maximum absolute atomic E-state index is 11.1. The monoisotopic (exact) mass is 332 g/mol. The highest BCUT2D eigenvalue weighted by Gasteiger charge is 2.24. The van der Waals surface area contributed by atoms with Crippen molar-refractivity contribution in [2.45, 2.75) is 26.7 Å². The highest BCUT2D eigenvalue weighted by atomic mass is 16.6. The Balaban J connectivity index is 1.80. The van der Waals surface area contributed by atoms with Crippen LogP contribution >= 0.6 is 0 Å². The molecule has 0 saturated carbocycles. The number of benzene rings is 1. The molecule has 1 heterocycles. The number of nitrogens with zero attached hydrogens (tertiary/aromatic N) is 1. The standard InChI is InChI=1S/C19H28N2O3/c1-15(2)13-18(16-7-4-3-5-8-16)20-24-12-11-21-10-6-9-17(14-21)19(22)23/h3-5,7-8,13,15,17,20H,6,9-12,14H2,1-2H3,(H,22,23). The first-order valence-electron chi connectivity index (χ1n) is 8.66. The first kappa shape index (κ1) is 18.5. The Labute approximate surface area is 144 Å². The van der Waals surface area contributed by atoms with Crippen LogP contribution in [0.1, 0.15) is 32.3 Å². The summed E-state index contributed by atoms with van der Waals surface area (Å²) in [5.41, 5.74) is 5.12. The van der Waals surface area contributed by atoms with Gasteiger partial charge in [0.25, 0.3) is 0 Å². The number of hydrogen-bond acceptors (Lipinski definition) is 4. The van der Waals surface area contributed by atoms with Gasteiger partial charge in [-0.25, -0.2) is 0 Å². The molecule has 1 fully saturated rings. The van der Waals surface area contributed by atoms with E-state index >= 15 is 0 Å². The number of carbonyl (C=O) groups is 1. The predicted octanol–water partition coefficient (Wildman–Crippen LogP) is 3.00. The fourth-order valence-corrected chi connectivity index (χ4v) is 2.90. The van der Waals surface area contributed by atoms with E-state index in [1.165, 1.54) is 0 Å². The molecule has 0 bridgehead atoms. The van der Waals surface area contributed by atoms with Gasteiger partial charge in [0.1, 0.15) is 0 Å². The van der Waals surface area contributed by atoms with Gasteiger partial charge in [-0.3, -0.25) is 15.1 Å². The molecule has 24 heavy (non-hydrogen) atoms. The highest BCUT2D eigenvalue weighted by Crippen LogP contribution is 2.16. The fraction of sp³-hybridized carbons (Fsp3) is 0.526. The van der Waals surface area contributed by atoms with Crippen molar-refractivity contribution in [1.82, 2.24) is 10.4 Å². The Kier molecular flexibility index (Phi) is 7.28. The third-order valence-corrected chi connectivity index (χ3v) is 4.13. The third-order valence-electron chi connectivity index (χ3n) is 4.13. The second-order valence-electron chi connectivity index (χ2n) is 6.62. The van der Waals surface area contributed by atoms with Crippen molar-refractivity contribution in [2.75, 3.05) is 26.2 Å². The summed E-state index contributed by atoms with van der Waals surface area (Å²) < 4.78 is 0. The molecule has 1 aromatic rings. The summed E-state index contributed by atoms with van der Waals surface area (Å²) in [5, 5.41) is 9.13. The first-order valence-corrected chi connectivity index (χ1v) is 8.66. The van der Waals surface area contributed by atoms with E-state index in [0.717, 1.165) is 37.2 Å². The first-order chi connectivity index (χ1) is 11.6. The number of carboxylic acid groups (broad SMARTS) is 1. The molecule has 0 amide bonds. The number of aliphatic carboxylic acids is 1. The zero-order chi connectivity index (χ0) is 17.4. The molecule has 0 aromatic heterocycles. The Morgan fingerprint density at radius 2 is 2.17 bits per heavy atom. The van der Waals surface area contributed by atoms with E-state index in [1.807, 2.05) is 30.3 Å². The molecule has 0 spiro atoms. The van der Waals surface area contributed by atoms with Gasteiger partial charge in [-0.05, 0) is 30.9 Å². The van der Waals surface area contributed by atoms with Gasteiger partial charge in [0, 0.05) is 13.1 Å². The highest BCUT2D eigenvalue weighted by molar-refractivity contribution is 5.70. The van der Waals surface area contributed by atoms with Gasteiger partial charge < -0.3 is 10.0 Å². The van der Waals surface area contributed by atoms with Crippen molar-refractivity contribution < 1.29 is 14.7 Å². The number of hydrogen-bond donors (Lipinski definition) is 2. The molecule has 5 heteroatoms. The Bertz CT molecular complexity index is 543. The zero-order valence-electron chi connectivity index (χ0n) is 14.6. The molecule has 1 aliphatic rings. The van der Waals surface area contributed by atoms with Gasteiger partial charge in [-0.1, -0.05) is 50.3 Å². The largest absolute Gasteiger partial charge is 0.481 e. The molecular formula is C19H28N2O3. The topological polar surface area (TPSA) is 61.8 Å². The SMILES string of the molecule is CC(C)C=C(NOCCN1CCCC(C(=O)O)C1)c1ccccc1. The minimum atomic E-state index is -0.690. The molecular weight excluding hydrogens is 304 g/mol. The number of nitrogens with one attached hydrogen (secondary N) is 1. The Morgan fingerprint density at radius 3 is 2.83 bits per heavy atom. The van der Waals surface area contributed by atoms with E-state index in [0.29, 0.717) is 19.1 Å². The lowest BCUT2D eigenvalue weighted by atomic mass is 9.98. The zero-order valence-corrected chi connectivity index (χ0v) is 14.6. The van der Waals surface area contributed by atoms with Crippen molar-refractivity contribution >= 4 is 11.7 Å². The molecule has 1 aromatic carbocycles. The lowest BCUT2D eigenvalue weighted by Gasteiger charge is -2.30. The summed E-state index contributed by atoms with van der Waals surface area (Å²) in [6, 6.07) is 10.1. The van der Waals surface area contributed by atoms with Crippen LogP contribution in [-0.2, 0) is 9.63 Å². The summed E-state index contributed by atoms with van der Waals surface area (Å²) in [5.74, 6) is -0.521. The molecule has 132 valence electrons. The smallest absolute Gasteiger partial charge is 0.307 e. The van der Waals surface area contributed by atoms with E-state index in [9.17, 15) is 4.79 Å². The minimum Gasteiger partial charge on any atom is -0.481 e. The summed E-state index contributed by atoms with van der Waals surface area (Å²) in [6.07, 6.45) is 3.85. The van der Waals surface area contributed by atoms with E-state index in [1.54, 1.807) is 0 Å². The summed E-state index contributed by atoms with van der Waals surface area (Å²) in [7, 11) is 0.